The van der Waals surface area contributed by atoms with Crippen molar-refractivity contribution in [3.05, 3.63) is 71.5 Å². The lowest BCUT2D eigenvalue weighted by Gasteiger charge is -2.29. The van der Waals surface area contributed by atoms with Crippen LogP contribution in [0.2, 0.25) is 0 Å². The smallest absolute Gasteiger partial charge is 0.318 e. The third kappa shape index (κ3) is 3.31. The van der Waals surface area contributed by atoms with Crippen LogP contribution in [0.15, 0.2) is 59.1 Å². The minimum absolute atomic E-state index is 0.113. The van der Waals surface area contributed by atoms with Crippen molar-refractivity contribution in [2.24, 2.45) is 0 Å². The molecule has 1 atom stereocenters. The Morgan fingerprint density at radius 1 is 1.12 bits per heavy atom. The second kappa shape index (κ2) is 7.00. The highest BCUT2D eigenvalue weighted by Crippen LogP contribution is 2.21. The number of carbonyl (C=O) groups excluding carboxylic acids is 1. The number of hydrogen-bond acceptors (Lipinski definition) is 4. The van der Waals surface area contributed by atoms with Crippen LogP contribution in [-0.4, -0.2) is 27.6 Å². The van der Waals surface area contributed by atoms with Crippen LogP contribution in [0.3, 0.4) is 0 Å². The Bertz CT molecular complexity index is 907. The molecule has 2 aromatic carbocycles. The van der Waals surface area contributed by atoms with Gasteiger partial charge < -0.3 is 14.7 Å². The van der Waals surface area contributed by atoms with Gasteiger partial charge in [0.15, 0.2) is 5.82 Å². The zero-order valence-corrected chi connectivity index (χ0v) is 14.6. The van der Waals surface area contributed by atoms with Gasteiger partial charge in [0.1, 0.15) is 0 Å². The molecular weight excluding hydrogens is 328 g/mol. The minimum Gasteiger partial charge on any atom is -0.334 e. The van der Waals surface area contributed by atoms with Gasteiger partial charge in [-0.1, -0.05) is 47.6 Å². The highest BCUT2D eigenvalue weighted by molar-refractivity contribution is 5.75. The van der Waals surface area contributed by atoms with Gasteiger partial charge in [-0.25, -0.2) is 4.79 Å². The standard InChI is InChI=1S/C20H20N4O2/c1-14(18-22-19(26-23-18)16-8-3-2-4-9-16)21-20(25)24-12-11-15-7-5-6-10-17(15)13-24/h2-10,14H,11-13H2,1H3,(H,21,25)/t14-/m1/s1. The molecule has 0 saturated heterocycles. The first-order valence-corrected chi connectivity index (χ1v) is 8.72. The molecule has 6 nitrogen and oxygen atoms in total. The summed E-state index contributed by atoms with van der Waals surface area (Å²) in [5.74, 6) is 0.920. The van der Waals surface area contributed by atoms with Gasteiger partial charge in [-0.2, -0.15) is 4.98 Å². The van der Waals surface area contributed by atoms with Crippen LogP contribution in [0, 0.1) is 0 Å². The molecule has 132 valence electrons. The van der Waals surface area contributed by atoms with Crippen molar-refractivity contribution in [2.75, 3.05) is 6.54 Å². The molecule has 4 rings (SSSR count). The molecule has 0 aliphatic carbocycles. The Morgan fingerprint density at radius 3 is 2.65 bits per heavy atom. The number of rotatable bonds is 3. The maximum absolute atomic E-state index is 12.6. The van der Waals surface area contributed by atoms with Gasteiger partial charge >= 0.3 is 6.03 Å². The lowest BCUT2D eigenvalue weighted by molar-refractivity contribution is 0.188. The zero-order chi connectivity index (χ0) is 17.9. The fraction of sp³-hybridized carbons (Fsp3) is 0.250. The molecule has 0 spiro atoms. The van der Waals surface area contributed by atoms with Crippen molar-refractivity contribution in [3.8, 4) is 11.5 Å². The van der Waals surface area contributed by atoms with E-state index in [4.69, 9.17) is 4.52 Å². The summed E-state index contributed by atoms with van der Waals surface area (Å²) in [6.45, 7) is 3.18. The Hall–Kier alpha value is -3.15. The summed E-state index contributed by atoms with van der Waals surface area (Å²) in [5, 5.41) is 6.97. The monoisotopic (exact) mass is 348 g/mol. The molecule has 0 saturated carbocycles. The molecule has 1 aliphatic rings. The van der Waals surface area contributed by atoms with Gasteiger partial charge in [0.25, 0.3) is 5.89 Å². The second-order valence-electron chi connectivity index (χ2n) is 6.44. The van der Waals surface area contributed by atoms with Crippen molar-refractivity contribution in [2.45, 2.75) is 25.9 Å². The number of nitrogens with one attached hydrogen (secondary N) is 1. The van der Waals surface area contributed by atoms with Crippen LogP contribution in [0.1, 0.15) is 29.9 Å². The number of aromatic nitrogens is 2. The Balaban J connectivity index is 1.41. The van der Waals surface area contributed by atoms with Crippen LogP contribution in [0.5, 0.6) is 0 Å². The van der Waals surface area contributed by atoms with Gasteiger partial charge in [0, 0.05) is 18.7 Å². The second-order valence-corrected chi connectivity index (χ2v) is 6.44. The molecule has 6 heteroatoms. The molecule has 0 bridgehead atoms. The van der Waals surface area contributed by atoms with E-state index in [0.29, 0.717) is 24.8 Å². The molecule has 0 radical (unpaired) electrons. The van der Waals surface area contributed by atoms with Gasteiger partial charge in [-0.3, -0.25) is 0 Å². The Morgan fingerprint density at radius 2 is 1.85 bits per heavy atom. The van der Waals surface area contributed by atoms with E-state index in [1.165, 1.54) is 11.1 Å². The maximum atomic E-state index is 12.6. The molecule has 3 aromatic rings. The average Bonchev–Trinajstić information content (AvgIpc) is 3.18. The summed E-state index contributed by atoms with van der Waals surface area (Å²) in [6, 6.07) is 17.4. The highest BCUT2D eigenvalue weighted by Gasteiger charge is 2.23. The number of nitrogens with zero attached hydrogens (tertiary/aromatic N) is 3. The van der Waals surface area contributed by atoms with Crippen molar-refractivity contribution >= 4 is 6.03 Å². The average molecular weight is 348 g/mol. The van der Waals surface area contributed by atoms with E-state index in [1.807, 2.05) is 54.3 Å². The molecule has 1 N–H and O–H groups in total. The van der Waals surface area contributed by atoms with Crippen LogP contribution < -0.4 is 5.32 Å². The minimum atomic E-state index is -0.333. The largest absolute Gasteiger partial charge is 0.334 e. The van der Waals surface area contributed by atoms with E-state index in [-0.39, 0.29) is 12.1 Å². The third-order valence-electron chi connectivity index (χ3n) is 4.61. The molecule has 1 aliphatic heterocycles. The Kier molecular flexibility index (Phi) is 4.39. The third-order valence-corrected chi connectivity index (χ3v) is 4.61. The van der Waals surface area contributed by atoms with Gasteiger partial charge in [0.05, 0.1) is 6.04 Å². The molecular formula is C20H20N4O2. The molecule has 0 unspecified atom stereocenters. The molecule has 1 aromatic heterocycles. The van der Waals surface area contributed by atoms with Crippen LogP contribution in [0.25, 0.3) is 11.5 Å². The summed E-state index contributed by atoms with van der Waals surface area (Å²) >= 11 is 0. The maximum Gasteiger partial charge on any atom is 0.318 e. The number of amides is 2. The lowest BCUT2D eigenvalue weighted by atomic mass is 10.0. The van der Waals surface area contributed by atoms with Gasteiger partial charge in [-0.05, 0) is 36.6 Å². The van der Waals surface area contributed by atoms with E-state index in [2.05, 4.69) is 27.6 Å². The van der Waals surface area contributed by atoms with Crippen LogP contribution in [-0.2, 0) is 13.0 Å². The van der Waals surface area contributed by atoms with Crippen molar-refractivity contribution in [1.29, 1.82) is 0 Å². The normalized spacial score (nSPS) is 14.6. The number of fused-ring (bicyclic) bond motifs is 1. The van der Waals surface area contributed by atoms with Crippen LogP contribution in [0.4, 0.5) is 4.79 Å². The summed E-state index contributed by atoms with van der Waals surface area (Å²) in [7, 11) is 0. The number of hydrogen-bond donors (Lipinski definition) is 1. The molecule has 2 amide bonds. The van der Waals surface area contributed by atoms with E-state index in [0.717, 1.165) is 12.0 Å². The van der Waals surface area contributed by atoms with E-state index in [1.54, 1.807) is 0 Å². The fourth-order valence-electron chi connectivity index (χ4n) is 3.12. The summed E-state index contributed by atoms with van der Waals surface area (Å²) < 4.78 is 5.32. The first-order chi connectivity index (χ1) is 12.7. The topological polar surface area (TPSA) is 71.3 Å². The summed E-state index contributed by atoms with van der Waals surface area (Å²) in [6.07, 6.45) is 0.873. The first-order valence-electron chi connectivity index (χ1n) is 8.72. The first kappa shape index (κ1) is 16.3. The summed E-state index contributed by atoms with van der Waals surface area (Å²) in [5.41, 5.74) is 3.38. The van der Waals surface area contributed by atoms with Crippen LogP contribution >= 0.6 is 0 Å². The fourth-order valence-corrected chi connectivity index (χ4v) is 3.12. The van der Waals surface area contributed by atoms with Crippen molar-refractivity contribution in [3.63, 3.8) is 0 Å². The Labute approximate surface area is 151 Å². The van der Waals surface area contributed by atoms with Gasteiger partial charge in [0.2, 0.25) is 0 Å². The van der Waals surface area contributed by atoms with E-state index >= 15 is 0 Å². The number of urea groups is 1. The van der Waals surface area contributed by atoms with Gasteiger partial charge in [-0.15, -0.1) is 0 Å². The van der Waals surface area contributed by atoms with Crippen molar-refractivity contribution in [1.82, 2.24) is 20.4 Å². The summed E-state index contributed by atoms with van der Waals surface area (Å²) in [4.78, 5) is 18.8. The quantitative estimate of drug-likeness (QED) is 0.785. The molecule has 26 heavy (non-hydrogen) atoms. The van der Waals surface area contributed by atoms with E-state index < -0.39 is 0 Å². The van der Waals surface area contributed by atoms with Crippen molar-refractivity contribution < 1.29 is 9.32 Å². The zero-order valence-electron chi connectivity index (χ0n) is 14.6. The molecule has 0 fully saturated rings. The predicted molar refractivity (Wildman–Crippen MR) is 97.2 cm³/mol. The number of carbonyl (C=O) groups is 1. The SMILES string of the molecule is C[C@@H](NC(=O)N1CCc2ccccc2C1)c1noc(-c2ccccc2)n1. The lowest BCUT2D eigenvalue weighted by Crippen LogP contribution is -2.43. The number of benzene rings is 2. The highest BCUT2D eigenvalue weighted by atomic mass is 16.5. The molecule has 2 heterocycles. The van der Waals surface area contributed by atoms with E-state index in [9.17, 15) is 4.79 Å². The predicted octanol–water partition coefficient (Wildman–Crippen LogP) is 3.57.